The van der Waals surface area contributed by atoms with Crippen molar-refractivity contribution in [2.45, 2.75) is 63.2 Å². The first-order valence-electron chi connectivity index (χ1n) is 7.81. The van der Waals surface area contributed by atoms with E-state index in [1.54, 1.807) is 0 Å². The molecule has 20 heteroatoms. The van der Waals surface area contributed by atoms with Crippen LogP contribution in [-0.2, 0) is 4.79 Å². The molecule has 0 rings (SSSR count). The van der Waals surface area contributed by atoms with Crippen LogP contribution in [0.4, 0.5) is 70.2 Å². The fourth-order valence-corrected chi connectivity index (χ4v) is 3.65. The second kappa shape index (κ2) is 10.7. The van der Waals surface area contributed by atoms with Crippen LogP contribution in [0, 0.1) is 10.8 Å². The Labute approximate surface area is 172 Å². The van der Waals surface area contributed by atoms with Crippen molar-refractivity contribution in [3.8, 4) is 0 Å². The van der Waals surface area contributed by atoms with Crippen molar-refractivity contribution in [3.63, 3.8) is 0 Å². The number of carboxylic acid groups (broad SMARTS) is 1. The van der Waals surface area contributed by atoms with Crippen molar-refractivity contribution in [2.24, 2.45) is 16.6 Å². The quantitative estimate of drug-likeness (QED) is 0.272. The summed E-state index contributed by atoms with van der Waals surface area (Å²) in [6.07, 6.45) is -34.7. The van der Waals surface area contributed by atoms with Gasteiger partial charge in [0.25, 0.3) is 51.7 Å². The van der Waals surface area contributed by atoms with Crippen LogP contribution in [0.2, 0.25) is 0 Å². The summed E-state index contributed by atoms with van der Waals surface area (Å²) in [5.41, 5.74) is -15.8. The average Bonchev–Trinajstić information content (AvgIpc) is 2.60. The molecule has 0 amide bonds. The summed E-state index contributed by atoms with van der Waals surface area (Å²) in [7, 11) is 0. The molecule has 0 aliphatic rings. The summed E-state index contributed by atoms with van der Waals surface area (Å²) in [6.45, 7) is -11.0. The molecular formula is C13H12F16N2O2. The van der Waals surface area contributed by atoms with Gasteiger partial charge in [-0.05, 0) is 0 Å². The minimum absolute atomic E-state index is 2.96. The van der Waals surface area contributed by atoms with E-state index in [9.17, 15) is 75.0 Å². The van der Waals surface area contributed by atoms with Gasteiger partial charge in [0.05, 0.1) is 6.04 Å². The minimum Gasteiger partial charge on any atom is -0.480 e. The van der Waals surface area contributed by atoms with E-state index in [4.69, 9.17) is 5.11 Å². The molecule has 0 saturated carbocycles. The molecule has 0 aromatic heterocycles. The number of rotatable bonds is 13. The SMILES string of the molecule is NC(C(F)F)C(C(F)F)(C(F)F)C(C(F)F)(C(F)F)[C@](C(=O)O)(C(F)F)N(C(F)F)C(F)F. The maximum Gasteiger partial charge on any atom is 0.331 e. The predicted octanol–water partition coefficient (Wildman–Crippen LogP) is 4.45. The van der Waals surface area contributed by atoms with Crippen LogP contribution in [0.5, 0.6) is 0 Å². The Hall–Kier alpha value is -1.73. The number of alkyl halides is 16. The smallest absolute Gasteiger partial charge is 0.331 e. The lowest BCUT2D eigenvalue weighted by Gasteiger charge is -2.59. The Morgan fingerprint density at radius 3 is 1.12 bits per heavy atom. The maximum atomic E-state index is 14.0. The van der Waals surface area contributed by atoms with Gasteiger partial charge in [-0.1, -0.05) is 0 Å². The van der Waals surface area contributed by atoms with Crippen LogP contribution in [0.25, 0.3) is 0 Å². The van der Waals surface area contributed by atoms with Gasteiger partial charge in [0.1, 0.15) is 10.8 Å². The summed E-state index contributed by atoms with van der Waals surface area (Å²) in [6, 6.07) is -4.75. The van der Waals surface area contributed by atoms with Crippen molar-refractivity contribution in [1.82, 2.24) is 4.90 Å². The maximum absolute atomic E-state index is 14.0. The number of nitrogens with zero attached hydrogens (tertiary/aromatic N) is 1. The Morgan fingerprint density at radius 2 is 0.970 bits per heavy atom. The molecule has 0 spiro atoms. The molecule has 0 radical (unpaired) electrons. The van der Waals surface area contributed by atoms with Crippen LogP contribution in [0.3, 0.4) is 0 Å². The number of carbonyl (C=O) groups is 1. The molecule has 0 aromatic rings. The number of nitrogens with two attached hydrogens (primary N) is 1. The van der Waals surface area contributed by atoms with Crippen LogP contribution in [0.1, 0.15) is 0 Å². The average molecular weight is 532 g/mol. The molecule has 1 unspecified atom stereocenters. The summed E-state index contributed by atoms with van der Waals surface area (Å²) in [4.78, 5) is 8.52. The molecule has 0 aromatic carbocycles. The second-order valence-corrected chi connectivity index (χ2v) is 6.20. The molecule has 0 bridgehead atoms. The highest BCUT2D eigenvalue weighted by Gasteiger charge is 2.88. The Kier molecular flexibility index (Phi) is 10.1. The first-order chi connectivity index (χ1) is 14.8. The van der Waals surface area contributed by atoms with Gasteiger partial charge >= 0.3 is 5.97 Å². The third kappa shape index (κ3) is 4.16. The van der Waals surface area contributed by atoms with Gasteiger partial charge < -0.3 is 10.8 Å². The van der Waals surface area contributed by atoms with E-state index in [0.717, 1.165) is 0 Å². The molecule has 0 aliphatic carbocycles. The number of carboxylic acids is 1. The first kappa shape index (κ1) is 31.3. The van der Waals surface area contributed by atoms with Crippen LogP contribution < -0.4 is 5.73 Å². The molecule has 0 aliphatic heterocycles. The van der Waals surface area contributed by atoms with Crippen molar-refractivity contribution < 1.29 is 80.1 Å². The molecule has 198 valence electrons. The van der Waals surface area contributed by atoms with E-state index < -0.39 is 84.9 Å². The number of hydrogen-bond acceptors (Lipinski definition) is 3. The Morgan fingerprint density at radius 1 is 0.636 bits per heavy atom. The molecule has 2 atom stereocenters. The molecule has 4 nitrogen and oxygen atoms in total. The van der Waals surface area contributed by atoms with Gasteiger partial charge in [-0.2, -0.15) is 22.5 Å². The van der Waals surface area contributed by atoms with Gasteiger partial charge in [0, 0.05) is 0 Å². The highest BCUT2D eigenvalue weighted by atomic mass is 19.3. The number of halogens is 16. The van der Waals surface area contributed by atoms with Crippen molar-refractivity contribution in [2.75, 3.05) is 0 Å². The lowest BCUT2D eigenvalue weighted by atomic mass is 9.50. The summed E-state index contributed by atoms with van der Waals surface area (Å²) in [5.74, 6) is -4.29. The first-order valence-corrected chi connectivity index (χ1v) is 7.81. The Bertz CT molecular complexity index is 624. The monoisotopic (exact) mass is 532 g/mol. The van der Waals surface area contributed by atoms with E-state index in [1.165, 1.54) is 0 Å². The van der Waals surface area contributed by atoms with E-state index >= 15 is 0 Å². The van der Waals surface area contributed by atoms with Crippen molar-refractivity contribution in [3.05, 3.63) is 0 Å². The van der Waals surface area contributed by atoms with Crippen molar-refractivity contribution in [1.29, 1.82) is 0 Å². The highest BCUT2D eigenvalue weighted by molar-refractivity contribution is 5.82. The molecule has 33 heavy (non-hydrogen) atoms. The molecule has 0 saturated heterocycles. The molecular weight excluding hydrogens is 520 g/mol. The third-order valence-electron chi connectivity index (χ3n) is 5.05. The van der Waals surface area contributed by atoms with E-state index in [1.807, 2.05) is 0 Å². The lowest BCUT2D eigenvalue weighted by Crippen LogP contribution is -2.84. The predicted molar refractivity (Wildman–Crippen MR) is 73.1 cm³/mol. The minimum atomic E-state index is -6.95. The van der Waals surface area contributed by atoms with Crippen molar-refractivity contribution >= 4 is 5.97 Å². The third-order valence-corrected chi connectivity index (χ3v) is 5.05. The highest BCUT2D eigenvalue weighted by Crippen LogP contribution is 2.66. The standard InChI is InChI=1S/C13H12F16N2O2/c14-2(15)1(30)11(3(16)17,4(18)19)12(5(20)21,6(22)23)13(7(24)25,8(32)33)31(9(26)27)10(28)29/h1-7,9-10H,30H2,(H,32,33)/t1?,13-/m1/s1. The summed E-state index contributed by atoms with van der Waals surface area (Å²) >= 11 is 0. The van der Waals surface area contributed by atoms with Gasteiger partial charge in [0.15, 0.2) is 0 Å². The zero-order valence-electron chi connectivity index (χ0n) is 15.1. The molecule has 0 heterocycles. The number of hydrogen-bond donors (Lipinski definition) is 2. The second-order valence-electron chi connectivity index (χ2n) is 6.20. The summed E-state index contributed by atoms with van der Waals surface area (Å²) in [5, 5.41) is 8.97. The topological polar surface area (TPSA) is 66.6 Å². The largest absolute Gasteiger partial charge is 0.480 e. The molecule has 3 N–H and O–H groups in total. The van der Waals surface area contributed by atoms with Crippen LogP contribution >= 0.6 is 0 Å². The fourth-order valence-electron chi connectivity index (χ4n) is 3.65. The lowest BCUT2D eigenvalue weighted by molar-refractivity contribution is -0.363. The van der Waals surface area contributed by atoms with Crippen LogP contribution in [-0.4, -0.2) is 79.2 Å². The summed E-state index contributed by atoms with van der Waals surface area (Å²) < 4.78 is 218. The van der Waals surface area contributed by atoms with Gasteiger partial charge in [-0.3, -0.25) is 0 Å². The fraction of sp³-hybridized carbons (Fsp3) is 0.923. The zero-order valence-corrected chi connectivity index (χ0v) is 15.1. The van der Waals surface area contributed by atoms with E-state index in [0.29, 0.717) is 0 Å². The van der Waals surface area contributed by atoms with E-state index in [-0.39, 0.29) is 0 Å². The Balaban J connectivity index is 8.55. The normalized spacial score (nSPS) is 17.0. The van der Waals surface area contributed by atoms with Crippen LogP contribution in [0.15, 0.2) is 0 Å². The zero-order chi connectivity index (χ0) is 26.9. The van der Waals surface area contributed by atoms with Gasteiger partial charge in [-0.15, -0.1) is 0 Å². The van der Waals surface area contributed by atoms with Gasteiger partial charge in [0.2, 0.25) is 5.54 Å². The van der Waals surface area contributed by atoms with Gasteiger partial charge in [-0.25, -0.2) is 57.5 Å². The van der Waals surface area contributed by atoms with E-state index in [2.05, 4.69) is 5.73 Å². The molecule has 0 fully saturated rings. The number of aliphatic carboxylic acids is 1.